The van der Waals surface area contributed by atoms with Crippen LogP contribution < -0.4 is 0 Å². The number of aliphatic carboxylic acids is 1. The smallest absolute Gasteiger partial charge is 0.481 e. The first-order valence-corrected chi connectivity index (χ1v) is 7.50. The minimum atomic E-state index is -0.955. The summed E-state index contributed by atoms with van der Waals surface area (Å²) in [6.45, 7) is 0. The quantitative estimate of drug-likeness (QED) is 0.652. The zero-order valence-electron chi connectivity index (χ0n) is 12.1. The molecule has 108 valence electrons. The number of carbonyl (C=O) groups excluding carboxylic acids is 1. The first kappa shape index (κ1) is 19.0. The zero-order chi connectivity index (χ0) is 14.5. The number of carboxylic acid groups (broad SMARTS) is 1. The van der Waals surface area contributed by atoms with Crippen molar-refractivity contribution in [3.8, 4) is 0 Å². The predicted octanol–water partition coefficient (Wildman–Crippen LogP) is 4.05. The summed E-state index contributed by atoms with van der Waals surface area (Å²) in [4.78, 5) is 22.4. The Balaban J connectivity index is 0.00000220. The number of hydrogen-bond donors (Lipinski definition) is 1. The molecule has 1 aromatic carbocycles. The maximum atomic E-state index is 11.9. The van der Waals surface area contributed by atoms with Gasteiger partial charge in [0.2, 0.25) is 0 Å². The summed E-state index contributed by atoms with van der Waals surface area (Å²) in [5, 5.41) is 9.24. The van der Waals surface area contributed by atoms with E-state index in [1.165, 1.54) is 19.3 Å². The van der Waals surface area contributed by atoms with Gasteiger partial charge in [0.1, 0.15) is 0 Å². The molecule has 0 saturated heterocycles. The number of benzene rings is 1. The van der Waals surface area contributed by atoms with E-state index in [1.54, 1.807) is 12.1 Å². The number of carbonyl (C=O) groups is 2. The maximum Gasteiger partial charge on any atom is 2.00 e. The third kappa shape index (κ3) is 5.55. The molecule has 0 amide bonds. The average Bonchev–Trinajstić information content (AvgIpc) is 2.45. The number of carboxylic acids is 1. The molecular weight excluding hydrogens is 316 g/mol. The van der Waals surface area contributed by atoms with E-state index in [1.807, 2.05) is 6.07 Å². The van der Waals surface area contributed by atoms with Gasteiger partial charge in [0.25, 0.3) is 0 Å². The van der Waals surface area contributed by atoms with E-state index >= 15 is 0 Å². The van der Waals surface area contributed by atoms with Crippen LogP contribution >= 0.6 is 11.6 Å². The van der Waals surface area contributed by atoms with Crippen molar-refractivity contribution in [2.45, 2.75) is 50.9 Å². The summed E-state index contributed by atoms with van der Waals surface area (Å²) in [7, 11) is 0. The van der Waals surface area contributed by atoms with Crippen molar-refractivity contribution in [2.24, 2.45) is 0 Å². The average molecular weight is 335 g/mol. The molecule has 1 aliphatic rings. The van der Waals surface area contributed by atoms with E-state index in [0.29, 0.717) is 16.5 Å². The Hall–Kier alpha value is -0.0903. The first-order chi connectivity index (χ1) is 9.58. The SMILES string of the molecule is O=C(O)CCC(=O)c1ccc(C2CCCCC2)c(Cl)c1.[Ca+2]. The molecule has 0 bridgehead atoms. The van der Waals surface area contributed by atoms with Gasteiger partial charge < -0.3 is 5.11 Å². The molecule has 1 aromatic rings. The van der Waals surface area contributed by atoms with Gasteiger partial charge in [0.15, 0.2) is 5.78 Å². The van der Waals surface area contributed by atoms with Crippen LogP contribution in [0.4, 0.5) is 0 Å². The van der Waals surface area contributed by atoms with E-state index < -0.39 is 5.97 Å². The van der Waals surface area contributed by atoms with Crippen LogP contribution in [0.5, 0.6) is 0 Å². The minimum Gasteiger partial charge on any atom is -0.481 e. The molecule has 0 atom stereocenters. The van der Waals surface area contributed by atoms with Gasteiger partial charge in [-0.25, -0.2) is 0 Å². The third-order valence-electron chi connectivity index (χ3n) is 3.93. The van der Waals surface area contributed by atoms with Gasteiger partial charge in [0.05, 0.1) is 6.42 Å². The molecule has 1 saturated carbocycles. The predicted molar refractivity (Wildman–Crippen MR) is 84.2 cm³/mol. The van der Waals surface area contributed by atoms with Gasteiger partial charge in [0, 0.05) is 17.0 Å². The second kappa shape index (κ2) is 9.14. The molecular formula is C16H19CaClO3+2. The molecule has 0 radical (unpaired) electrons. The molecule has 3 nitrogen and oxygen atoms in total. The number of halogens is 1. The first-order valence-electron chi connectivity index (χ1n) is 7.12. The number of ketones is 1. The van der Waals surface area contributed by atoms with Crippen LogP contribution in [0.1, 0.15) is 66.8 Å². The molecule has 1 N–H and O–H groups in total. The monoisotopic (exact) mass is 334 g/mol. The van der Waals surface area contributed by atoms with Gasteiger partial charge in [-0.15, -0.1) is 0 Å². The van der Waals surface area contributed by atoms with E-state index in [2.05, 4.69) is 0 Å². The van der Waals surface area contributed by atoms with Crippen molar-refractivity contribution < 1.29 is 14.7 Å². The molecule has 0 unspecified atom stereocenters. The van der Waals surface area contributed by atoms with E-state index in [4.69, 9.17) is 16.7 Å². The Morgan fingerprint density at radius 1 is 1.14 bits per heavy atom. The Bertz CT molecular complexity index is 510. The molecule has 0 aliphatic heterocycles. The van der Waals surface area contributed by atoms with Gasteiger partial charge in [-0.1, -0.05) is 43.0 Å². The second-order valence-electron chi connectivity index (χ2n) is 5.39. The molecule has 1 aliphatic carbocycles. The normalized spacial score (nSPS) is 15.3. The summed E-state index contributed by atoms with van der Waals surface area (Å²) in [5.74, 6) is -0.618. The Morgan fingerprint density at radius 2 is 1.81 bits per heavy atom. The molecule has 0 spiro atoms. The van der Waals surface area contributed by atoms with Crippen molar-refractivity contribution >= 4 is 61.1 Å². The summed E-state index contributed by atoms with van der Waals surface area (Å²) in [5.41, 5.74) is 1.64. The topological polar surface area (TPSA) is 54.4 Å². The van der Waals surface area contributed by atoms with E-state index in [-0.39, 0.29) is 56.4 Å². The summed E-state index contributed by atoms with van der Waals surface area (Å²) < 4.78 is 0. The van der Waals surface area contributed by atoms with Gasteiger partial charge in [-0.05, 0) is 30.4 Å². The third-order valence-corrected chi connectivity index (χ3v) is 4.26. The van der Waals surface area contributed by atoms with Crippen LogP contribution in [0.2, 0.25) is 5.02 Å². The Kier molecular flexibility index (Phi) is 8.25. The van der Waals surface area contributed by atoms with Gasteiger partial charge >= 0.3 is 43.7 Å². The number of Topliss-reactive ketones (excluding diaryl/α,β-unsaturated/α-hetero) is 1. The summed E-state index contributed by atoms with van der Waals surface area (Å²) >= 11 is 6.30. The maximum absolute atomic E-state index is 11.9. The molecule has 0 aromatic heterocycles. The van der Waals surface area contributed by atoms with Crippen molar-refractivity contribution in [1.29, 1.82) is 0 Å². The molecule has 5 heteroatoms. The fourth-order valence-corrected chi connectivity index (χ4v) is 3.14. The van der Waals surface area contributed by atoms with Crippen molar-refractivity contribution in [1.82, 2.24) is 0 Å². The number of hydrogen-bond acceptors (Lipinski definition) is 2. The number of rotatable bonds is 5. The standard InChI is InChI=1S/C16H19ClO3.Ca/c17-14-10-12(15(18)8-9-16(19)20)6-7-13(14)11-4-2-1-3-5-11;/h6-7,10-11H,1-5,8-9H2,(H,19,20);/q;+2. The van der Waals surface area contributed by atoms with E-state index in [9.17, 15) is 9.59 Å². The summed E-state index contributed by atoms with van der Waals surface area (Å²) in [6.07, 6.45) is 5.97. The van der Waals surface area contributed by atoms with Gasteiger partial charge in [-0.3, -0.25) is 9.59 Å². The van der Waals surface area contributed by atoms with Crippen LogP contribution in [-0.2, 0) is 4.79 Å². The Morgan fingerprint density at radius 3 is 2.38 bits per heavy atom. The second-order valence-corrected chi connectivity index (χ2v) is 5.80. The van der Waals surface area contributed by atoms with E-state index in [0.717, 1.165) is 18.4 Å². The zero-order valence-corrected chi connectivity index (χ0v) is 15.1. The molecule has 2 rings (SSSR count). The van der Waals surface area contributed by atoms with Crippen LogP contribution in [0.15, 0.2) is 18.2 Å². The van der Waals surface area contributed by atoms with Crippen molar-refractivity contribution in [3.05, 3.63) is 34.3 Å². The van der Waals surface area contributed by atoms with Crippen molar-refractivity contribution in [3.63, 3.8) is 0 Å². The largest absolute Gasteiger partial charge is 2.00 e. The van der Waals surface area contributed by atoms with Crippen LogP contribution in [0.25, 0.3) is 0 Å². The Labute approximate surface area is 160 Å². The molecule has 0 heterocycles. The van der Waals surface area contributed by atoms with Crippen LogP contribution in [0, 0.1) is 0 Å². The minimum absolute atomic E-state index is 0. The molecule has 21 heavy (non-hydrogen) atoms. The fourth-order valence-electron chi connectivity index (χ4n) is 2.81. The summed E-state index contributed by atoms with van der Waals surface area (Å²) in [6, 6.07) is 5.40. The van der Waals surface area contributed by atoms with Crippen LogP contribution in [0.3, 0.4) is 0 Å². The molecule has 1 fully saturated rings. The van der Waals surface area contributed by atoms with Crippen LogP contribution in [-0.4, -0.2) is 54.6 Å². The van der Waals surface area contributed by atoms with Gasteiger partial charge in [-0.2, -0.15) is 0 Å². The fraction of sp³-hybridized carbons (Fsp3) is 0.500. The van der Waals surface area contributed by atoms with Crippen molar-refractivity contribution in [2.75, 3.05) is 0 Å².